The molecule has 2 amide bonds. The molecule has 0 fully saturated rings. The second kappa shape index (κ2) is 8.27. The number of imide groups is 1. The van der Waals surface area contributed by atoms with Crippen LogP contribution in [0.3, 0.4) is 0 Å². The Bertz CT molecular complexity index is 1340. The molecule has 5 rings (SSSR count). The van der Waals surface area contributed by atoms with E-state index < -0.39 is 12.5 Å². The smallest absolute Gasteiger partial charge is 0.387 e. The number of rotatable bonds is 5. The molecule has 1 atom stereocenters. The summed E-state index contributed by atoms with van der Waals surface area (Å²) in [7, 11) is 0. The van der Waals surface area contributed by atoms with Crippen LogP contribution in [0.4, 0.5) is 14.5 Å². The van der Waals surface area contributed by atoms with Crippen molar-refractivity contribution in [1.82, 2.24) is 9.47 Å². The van der Waals surface area contributed by atoms with Crippen molar-refractivity contribution < 1.29 is 23.1 Å². The number of carbonyl (C=O) groups is 2. The molecule has 0 saturated carbocycles. The average Bonchev–Trinajstić information content (AvgIpc) is 3.23. The SMILES string of the molecule is CC(=O)N1CC2=C(C1=O)C(c1cccc(OC(F)F)c1)c1cn(CC(C)C)c3cccc(c13)N2. The molecular weight excluding hydrogens is 440 g/mol. The van der Waals surface area contributed by atoms with Crippen LogP contribution in [0.1, 0.15) is 37.8 Å². The number of hydrogen-bond donors (Lipinski definition) is 1. The Morgan fingerprint density at radius 1 is 1.21 bits per heavy atom. The lowest BCUT2D eigenvalue weighted by molar-refractivity contribution is -0.139. The number of anilines is 1. The molecule has 8 heteroatoms. The van der Waals surface area contributed by atoms with Crippen LogP contribution in [0.15, 0.2) is 59.9 Å². The van der Waals surface area contributed by atoms with Gasteiger partial charge in [-0.15, -0.1) is 0 Å². The summed E-state index contributed by atoms with van der Waals surface area (Å²) >= 11 is 0. The normalized spacial score (nSPS) is 17.4. The molecule has 176 valence electrons. The van der Waals surface area contributed by atoms with Crippen LogP contribution >= 0.6 is 0 Å². The predicted octanol–water partition coefficient (Wildman–Crippen LogP) is 5.10. The highest BCUT2D eigenvalue weighted by Gasteiger charge is 2.41. The fourth-order valence-electron chi connectivity index (χ4n) is 5.04. The minimum absolute atomic E-state index is 0.0202. The van der Waals surface area contributed by atoms with E-state index in [-0.39, 0.29) is 24.1 Å². The number of nitrogens with zero attached hydrogens (tertiary/aromatic N) is 2. The maximum absolute atomic E-state index is 13.5. The highest BCUT2D eigenvalue weighted by Crippen LogP contribution is 2.47. The van der Waals surface area contributed by atoms with Gasteiger partial charge >= 0.3 is 6.61 Å². The third kappa shape index (κ3) is 3.63. The zero-order valence-corrected chi connectivity index (χ0v) is 19.1. The molecule has 0 aliphatic carbocycles. The van der Waals surface area contributed by atoms with E-state index in [1.165, 1.54) is 17.9 Å². The van der Waals surface area contributed by atoms with Crippen LogP contribution in [0.25, 0.3) is 10.9 Å². The largest absolute Gasteiger partial charge is 0.435 e. The first-order valence-corrected chi connectivity index (χ1v) is 11.2. The highest BCUT2D eigenvalue weighted by molar-refractivity contribution is 6.11. The lowest BCUT2D eigenvalue weighted by atomic mass is 9.84. The number of ether oxygens (including phenoxy) is 1. The Labute approximate surface area is 195 Å². The molecule has 34 heavy (non-hydrogen) atoms. The summed E-state index contributed by atoms with van der Waals surface area (Å²) in [6.45, 7) is 3.59. The third-order valence-electron chi connectivity index (χ3n) is 6.30. The predicted molar refractivity (Wildman–Crippen MR) is 125 cm³/mol. The zero-order chi connectivity index (χ0) is 24.1. The number of alkyl halides is 2. The van der Waals surface area contributed by atoms with E-state index in [0.717, 1.165) is 28.7 Å². The van der Waals surface area contributed by atoms with Gasteiger partial charge in [0.2, 0.25) is 5.91 Å². The van der Waals surface area contributed by atoms with E-state index in [1.54, 1.807) is 18.2 Å². The molecule has 0 bridgehead atoms. The summed E-state index contributed by atoms with van der Waals surface area (Å²) in [4.78, 5) is 26.9. The van der Waals surface area contributed by atoms with E-state index in [0.29, 0.717) is 22.8 Å². The van der Waals surface area contributed by atoms with Gasteiger partial charge in [0, 0.05) is 42.4 Å². The molecular formula is C26H25F2N3O3. The standard InChI is InChI=1S/C26H25F2N3O3/c1-14(2)11-30-12-18-22(16-6-4-7-17(10-16)34-26(27)28)24-20(13-31(15(3)32)25(24)33)29-19-8-5-9-21(30)23(18)19/h4-10,12,14,22,26,29H,11,13H2,1-3H3. The highest BCUT2D eigenvalue weighted by atomic mass is 19.3. The maximum Gasteiger partial charge on any atom is 0.387 e. The minimum Gasteiger partial charge on any atom is -0.435 e. The fraction of sp³-hybridized carbons (Fsp3) is 0.308. The Morgan fingerprint density at radius 3 is 2.68 bits per heavy atom. The van der Waals surface area contributed by atoms with E-state index >= 15 is 0 Å². The van der Waals surface area contributed by atoms with Gasteiger partial charge in [-0.2, -0.15) is 8.78 Å². The summed E-state index contributed by atoms with van der Waals surface area (Å²) < 4.78 is 32.7. The quantitative estimate of drug-likeness (QED) is 0.570. The van der Waals surface area contributed by atoms with Crippen molar-refractivity contribution in [3.63, 3.8) is 0 Å². The molecule has 3 heterocycles. The molecule has 0 radical (unpaired) electrons. The number of benzene rings is 2. The number of aromatic nitrogens is 1. The van der Waals surface area contributed by atoms with Crippen molar-refractivity contribution in [2.24, 2.45) is 5.92 Å². The molecule has 6 nitrogen and oxygen atoms in total. The van der Waals surface area contributed by atoms with Crippen molar-refractivity contribution in [2.45, 2.75) is 39.8 Å². The Hall–Kier alpha value is -3.68. The van der Waals surface area contributed by atoms with Gasteiger partial charge in [0.25, 0.3) is 5.91 Å². The van der Waals surface area contributed by atoms with Gasteiger partial charge in [-0.3, -0.25) is 14.5 Å². The number of carbonyl (C=O) groups excluding carboxylic acids is 2. The number of amides is 2. The fourth-order valence-corrected chi connectivity index (χ4v) is 5.04. The minimum atomic E-state index is -2.96. The number of nitrogens with one attached hydrogen (secondary N) is 1. The molecule has 0 spiro atoms. The van der Waals surface area contributed by atoms with Crippen molar-refractivity contribution >= 4 is 28.4 Å². The molecule has 2 aliphatic rings. The molecule has 2 aliphatic heterocycles. The van der Waals surface area contributed by atoms with E-state index in [4.69, 9.17) is 0 Å². The van der Waals surface area contributed by atoms with Gasteiger partial charge in [0.05, 0.1) is 17.6 Å². The van der Waals surface area contributed by atoms with E-state index in [1.807, 2.05) is 24.4 Å². The van der Waals surface area contributed by atoms with Crippen LogP contribution < -0.4 is 10.1 Å². The van der Waals surface area contributed by atoms with Crippen LogP contribution in [-0.2, 0) is 16.1 Å². The molecule has 1 N–H and O–H groups in total. The van der Waals surface area contributed by atoms with Crippen LogP contribution in [0.5, 0.6) is 5.75 Å². The van der Waals surface area contributed by atoms with Gasteiger partial charge in [-0.25, -0.2) is 0 Å². The molecule has 3 aromatic rings. The first-order chi connectivity index (χ1) is 16.2. The summed E-state index contributed by atoms with van der Waals surface area (Å²) in [5.74, 6) is -0.866. The third-order valence-corrected chi connectivity index (χ3v) is 6.30. The lowest BCUT2D eigenvalue weighted by Gasteiger charge is -2.20. The van der Waals surface area contributed by atoms with Crippen molar-refractivity contribution in [3.05, 3.63) is 71.1 Å². The second-order valence-electron chi connectivity index (χ2n) is 9.14. The molecule has 0 saturated heterocycles. The van der Waals surface area contributed by atoms with Crippen molar-refractivity contribution in [2.75, 3.05) is 11.9 Å². The summed E-state index contributed by atoms with van der Waals surface area (Å²) in [6.07, 6.45) is 2.04. The molecule has 1 aromatic heterocycles. The first kappa shape index (κ1) is 22.1. The molecule has 2 aromatic carbocycles. The second-order valence-corrected chi connectivity index (χ2v) is 9.14. The van der Waals surface area contributed by atoms with Gasteiger partial charge in [-0.05, 0) is 41.3 Å². The zero-order valence-electron chi connectivity index (χ0n) is 19.1. The molecule has 1 unspecified atom stereocenters. The monoisotopic (exact) mass is 465 g/mol. The van der Waals surface area contributed by atoms with E-state index in [9.17, 15) is 18.4 Å². The van der Waals surface area contributed by atoms with Gasteiger partial charge in [0.15, 0.2) is 0 Å². The Morgan fingerprint density at radius 2 is 1.97 bits per heavy atom. The maximum atomic E-state index is 13.5. The van der Waals surface area contributed by atoms with Crippen molar-refractivity contribution in [1.29, 1.82) is 0 Å². The topological polar surface area (TPSA) is 63.6 Å². The van der Waals surface area contributed by atoms with Gasteiger partial charge in [0.1, 0.15) is 5.75 Å². The number of hydrogen-bond acceptors (Lipinski definition) is 4. The van der Waals surface area contributed by atoms with Crippen LogP contribution in [-0.4, -0.2) is 34.4 Å². The number of halogens is 2. The van der Waals surface area contributed by atoms with Crippen LogP contribution in [0.2, 0.25) is 0 Å². The van der Waals surface area contributed by atoms with Crippen molar-refractivity contribution in [3.8, 4) is 5.75 Å². The summed E-state index contributed by atoms with van der Waals surface area (Å²) in [6, 6.07) is 12.4. The van der Waals surface area contributed by atoms with Gasteiger partial charge in [-0.1, -0.05) is 32.0 Å². The van der Waals surface area contributed by atoms with Crippen LogP contribution in [0, 0.1) is 5.92 Å². The van der Waals surface area contributed by atoms with E-state index in [2.05, 4.69) is 28.5 Å². The Balaban J connectivity index is 1.76. The summed E-state index contributed by atoms with van der Waals surface area (Å²) in [5.41, 5.74) is 4.50. The lowest BCUT2D eigenvalue weighted by Crippen LogP contribution is -2.33. The van der Waals surface area contributed by atoms with Gasteiger partial charge < -0.3 is 14.6 Å². The average molecular weight is 466 g/mol. The Kier molecular flexibility index (Phi) is 5.38. The summed E-state index contributed by atoms with van der Waals surface area (Å²) in [5, 5.41) is 4.39. The first-order valence-electron chi connectivity index (χ1n) is 11.2.